The molecule has 0 amide bonds. The van der Waals surface area contributed by atoms with Gasteiger partial charge >= 0.3 is 0 Å². The molecule has 0 aliphatic rings. The first-order valence-corrected chi connectivity index (χ1v) is 4.46. The summed E-state index contributed by atoms with van der Waals surface area (Å²) in [6.07, 6.45) is -0.642. The second-order valence-electron chi connectivity index (χ2n) is 2.80. The molecule has 0 aromatic heterocycles. The van der Waals surface area contributed by atoms with E-state index in [0.29, 0.717) is 13.2 Å². The molecule has 0 aromatic rings. The van der Waals surface area contributed by atoms with E-state index in [9.17, 15) is 5.11 Å². The van der Waals surface area contributed by atoms with Gasteiger partial charge in [-0.2, -0.15) is 10.5 Å². The molecule has 0 aromatic carbocycles. The first-order chi connectivity index (χ1) is 6.74. The molecule has 0 bridgehead atoms. The van der Waals surface area contributed by atoms with Crippen molar-refractivity contribution in [3.8, 4) is 12.1 Å². The second-order valence-corrected chi connectivity index (χ2v) is 2.80. The summed E-state index contributed by atoms with van der Waals surface area (Å²) in [6.45, 7) is 3.22. The second kappa shape index (κ2) is 8.46. The molecule has 0 aliphatic heterocycles. The normalized spacial score (nSPS) is 12.1. The Labute approximate surface area is 84.1 Å². The Bertz CT molecular complexity index is 203. The molecule has 1 N–H and O–H groups in total. The van der Waals surface area contributed by atoms with Crippen molar-refractivity contribution >= 4 is 0 Å². The van der Waals surface area contributed by atoms with Crippen LogP contribution in [0.3, 0.4) is 0 Å². The highest BCUT2D eigenvalue weighted by atomic mass is 16.5. The zero-order valence-electron chi connectivity index (χ0n) is 8.31. The lowest BCUT2D eigenvalue weighted by Gasteiger charge is -2.19. The van der Waals surface area contributed by atoms with Crippen LogP contribution in [0.15, 0.2) is 0 Å². The van der Waals surface area contributed by atoms with Gasteiger partial charge in [0.2, 0.25) is 0 Å². The molecule has 0 radical (unpaired) electrons. The highest BCUT2D eigenvalue weighted by Gasteiger charge is 2.10. The van der Waals surface area contributed by atoms with Crippen LogP contribution in [0.5, 0.6) is 0 Å². The molecule has 1 unspecified atom stereocenters. The van der Waals surface area contributed by atoms with Crippen LogP contribution < -0.4 is 0 Å². The largest absolute Gasteiger partial charge is 0.389 e. The average molecular weight is 197 g/mol. The van der Waals surface area contributed by atoms with E-state index >= 15 is 0 Å². The molecule has 78 valence electrons. The Hall–Kier alpha value is -1.14. The van der Waals surface area contributed by atoms with Crippen LogP contribution in [0.25, 0.3) is 0 Å². The molecule has 0 spiro atoms. The van der Waals surface area contributed by atoms with E-state index in [1.807, 2.05) is 19.1 Å². The third-order valence-corrected chi connectivity index (χ3v) is 1.57. The molecular weight excluding hydrogens is 182 g/mol. The fraction of sp³-hybridized carbons (Fsp3) is 0.778. The Morgan fingerprint density at radius 2 is 1.93 bits per heavy atom. The Kier molecular flexibility index (Phi) is 7.77. The van der Waals surface area contributed by atoms with Crippen molar-refractivity contribution in [3.63, 3.8) is 0 Å². The van der Waals surface area contributed by atoms with Crippen molar-refractivity contribution in [1.82, 2.24) is 4.90 Å². The summed E-state index contributed by atoms with van der Waals surface area (Å²) in [6, 6.07) is 3.87. The number of nitrogens with zero attached hydrogens (tertiary/aromatic N) is 3. The van der Waals surface area contributed by atoms with E-state index in [1.165, 1.54) is 0 Å². The third-order valence-electron chi connectivity index (χ3n) is 1.57. The molecule has 14 heavy (non-hydrogen) atoms. The molecule has 5 heteroatoms. The standard InChI is InChI=1S/C9H15N3O2/c1-2-14-8-9(13)7-12(5-3-10)6-4-11/h9,13H,2,5-8H2,1H3. The van der Waals surface area contributed by atoms with Crippen molar-refractivity contribution in [2.24, 2.45) is 0 Å². The van der Waals surface area contributed by atoms with E-state index in [2.05, 4.69) is 0 Å². The number of aliphatic hydroxyl groups is 1. The van der Waals surface area contributed by atoms with Gasteiger partial charge in [-0.1, -0.05) is 0 Å². The fourth-order valence-corrected chi connectivity index (χ4v) is 0.990. The maximum atomic E-state index is 9.42. The number of ether oxygens (including phenoxy) is 1. The Balaban J connectivity index is 3.79. The summed E-state index contributed by atoms with van der Waals surface area (Å²) in [5, 5.41) is 26.3. The minimum Gasteiger partial charge on any atom is -0.389 e. The first-order valence-electron chi connectivity index (χ1n) is 4.46. The quantitative estimate of drug-likeness (QED) is 0.568. The Morgan fingerprint density at radius 3 is 2.36 bits per heavy atom. The maximum Gasteiger partial charge on any atom is 0.0900 e. The van der Waals surface area contributed by atoms with Gasteiger partial charge in [-0.25, -0.2) is 0 Å². The molecule has 0 rings (SSSR count). The number of aliphatic hydroxyl groups excluding tert-OH is 1. The van der Waals surface area contributed by atoms with Crippen LogP contribution in [-0.2, 0) is 4.74 Å². The van der Waals surface area contributed by atoms with Crippen LogP contribution in [0, 0.1) is 22.7 Å². The highest BCUT2D eigenvalue weighted by Crippen LogP contribution is 1.93. The number of hydrogen-bond acceptors (Lipinski definition) is 5. The summed E-state index contributed by atoms with van der Waals surface area (Å²) >= 11 is 0. The topological polar surface area (TPSA) is 80.3 Å². The van der Waals surface area contributed by atoms with Gasteiger partial charge in [-0.3, -0.25) is 4.90 Å². The third kappa shape index (κ3) is 6.38. The van der Waals surface area contributed by atoms with Gasteiger partial charge in [-0.15, -0.1) is 0 Å². The lowest BCUT2D eigenvalue weighted by atomic mass is 10.3. The first kappa shape index (κ1) is 12.9. The lowest BCUT2D eigenvalue weighted by molar-refractivity contribution is 0.0255. The average Bonchev–Trinajstić information content (AvgIpc) is 2.15. The van der Waals surface area contributed by atoms with E-state index < -0.39 is 6.10 Å². The molecule has 0 aliphatic carbocycles. The minimum absolute atomic E-state index is 0.150. The summed E-state index contributed by atoms with van der Waals surface area (Å²) in [4.78, 5) is 1.57. The van der Waals surface area contributed by atoms with E-state index in [4.69, 9.17) is 15.3 Å². The molecule has 0 saturated carbocycles. The van der Waals surface area contributed by atoms with Crippen LogP contribution in [0.4, 0.5) is 0 Å². The zero-order chi connectivity index (χ0) is 10.8. The summed E-state index contributed by atoms with van der Waals surface area (Å²) in [5.41, 5.74) is 0. The summed E-state index contributed by atoms with van der Waals surface area (Å²) in [5.74, 6) is 0. The molecule has 0 heterocycles. The monoisotopic (exact) mass is 197 g/mol. The SMILES string of the molecule is CCOCC(O)CN(CC#N)CC#N. The van der Waals surface area contributed by atoms with Gasteiger partial charge < -0.3 is 9.84 Å². The molecule has 0 saturated heterocycles. The molecule has 1 atom stereocenters. The van der Waals surface area contributed by atoms with Gasteiger partial charge in [0.1, 0.15) is 0 Å². The Morgan fingerprint density at radius 1 is 1.36 bits per heavy atom. The van der Waals surface area contributed by atoms with Gasteiger partial charge in [0, 0.05) is 13.2 Å². The van der Waals surface area contributed by atoms with E-state index in [0.717, 1.165) is 0 Å². The van der Waals surface area contributed by atoms with Crippen LogP contribution >= 0.6 is 0 Å². The molecule has 5 nitrogen and oxygen atoms in total. The molecule has 0 fully saturated rings. The van der Waals surface area contributed by atoms with E-state index in [1.54, 1.807) is 4.90 Å². The fourth-order valence-electron chi connectivity index (χ4n) is 0.990. The van der Waals surface area contributed by atoms with Crippen LogP contribution in [0.2, 0.25) is 0 Å². The van der Waals surface area contributed by atoms with Crippen molar-refractivity contribution in [2.75, 3.05) is 32.8 Å². The predicted molar refractivity (Wildman–Crippen MR) is 50.2 cm³/mol. The van der Waals surface area contributed by atoms with Crippen molar-refractivity contribution in [1.29, 1.82) is 10.5 Å². The maximum absolute atomic E-state index is 9.42. The van der Waals surface area contributed by atoms with E-state index in [-0.39, 0.29) is 19.7 Å². The van der Waals surface area contributed by atoms with Gasteiger partial charge in [0.25, 0.3) is 0 Å². The van der Waals surface area contributed by atoms with Crippen molar-refractivity contribution in [2.45, 2.75) is 13.0 Å². The van der Waals surface area contributed by atoms with Crippen molar-refractivity contribution in [3.05, 3.63) is 0 Å². The number of rotatable bonds is 7. The van der Waals surface area contributed by atoms with Gasteiger partial charge in [0.15, 0.2) is 0 Å². The zero-order valence-corrected chi connectivity index (χ0v) is 8.31. The molecular formula is C9H15N3O2. The van der Waals surface area contributed by atoms with Crippen LogP contribution in [0.1, 0.15) is 6.92 Å². The number of hydrogen-bond donors (Lipinski definition) is 1. The summed E-state index contributed by atoms with van der Waals surface area (Å²) < 4.78 is 5.01. The summed E-state index contributed by atoms with van der Waals surface area (Å²) in [7, 11) is 0. The van der Waals surface area contributed by atoms with Gasteiger partial charge in [0.05, 0.1) is 37.9 Å². The number of nitriles is 2. The van der Waals surface area contributed by atoms with Gasteiger partial charge in [-0.05, 0) is 6.92 Å². The minimum atomic E-state index is -0.642. The lowest BCUT2D eigenvalue weighted by Crippen LogP contribution is -2.35. The smallest absolute Gasteiger partial charge is 0.0900 e. The van der Waals surface area contributed by atoms with Crippen LogP contribution in [-0.4, -0.2) is 49.0 Å². The highest BCUT2D eigenvalue weighted by molar-refractivity contribution is 4.84. The predicted octanol–water partition coefficient (Wildman–Crippen LogP) is -0.267. The van der Waals surface area contributed by atoms with Crippen molar-refractivity contribution < 1.29 is 9.84 Å².